The van der Waals surface area contributed by atoms with Gasteiger partial charge in [0, 0.05) is 0 Å². The summed E-state index contributed by atoms with van der Waals surface area (Å²) in [6.07, 6.45) is 0. The first-order chi connectivity index (χ1) is 9.77. The Balaban J connectivity index is 2.22. The van der Waals surface area contributed by atoms with Crippen molar-refractivity contribution >= 4 is 24.0 Å². The Morgan fingerprint density at radius 3 is 1.85 bits per heavy atom. The van der Waals surface area contributed by atoms with Crippen LogP contribution in [0.2, 0.25) is 0 Å². The minimum absolute atomic E-state index is 0.314. The van der Waals surface area contributed by atoms with E-state index in [1.165, 1.54) is 0 Å². The zero-order valence-corrected chi connectivity index (χ0v) is 11.9. The van der Waals surface area contributed by atoms with E-state index >= 15 is 0 Å². The number of aromatic nitrogens is 2. The molecule has 0 aliphatic heterocycles. The molecule has 0 unspecified atom stereocenters. The molecular formula is C15H14N2O2P+. The molecule has 20 heavy (non-hydrogen) atoms. The van der Waals surface area contributed by atoms with Gasteiger partial charge in [-0.15, -0.1) is 0 Å². The van der Waals surface area contributed by atoms with Crippen molar-refractivity contribution in [2.45, 2.75) is 0 Å². The third kappa shape index (κ3) is 2.30. The Bertz CT molecular complexity index is 711. The summed E-state index contributed by atoms with van der Waals surface area (Å²) in [5.41, 5.74) is 0.337. The summed E-state index contributed by atoms with van der Waals surface area (Å²) in [6, 6.07) is 20.1. The van der Waals surface area contributed by atoms with Crippen molar-refractivity contribution in [3.63, 3.8) is 0 Å². The van der Waals surface area contributed by atoms with Crippen LogP contribution in [0.15, 0.2) is 70.0 Å². The van der Waals surface area contributed by atoms with E-state index in [1.807, 2.05) is 60.7 Å². The lowest BCUT2D eigenvalue weighted by Gasteiger charge is -2.12. The number of aromatic amines is 1. The molecule has 0 spiro atoms. The van der Waals surface area contributed by atoms with Gasteiger partial charge in [0.2, 0.25) is 0 Å². The van der Waals surface area contributed by atoms with Gasteiger partial charge >= 0.3 is 11.1 Å². The highest BCUT2D eigenvalue weighted by Gasteiger charge is 2.31. The van der Waals surface area contributed by atoms with E-state index in [-0.39, 0.29) is 5.63 Å². The van der Waals surface area contributed by atoms with Crippen LogP contribution in [0.5, 0.6) is 0 Å². The van der Waals surface area contributed by atoms with Crippen LogP contribution in [-0.4, -0.2) is 5.27 Å². The molecule has 0 aliphatic carbocycles. The molecule has 0 atom stereocenters. The predicted octanol–water partition coefficient (Wildman–Crippen LogP) is 0.551. The third-order valence-electron chi connectivity index (χ3n) is 3.02. The van der Waals surface area contributed by atoms with E-state index in [0.29, 0.717) is 5.44 Å². The van der Waals surface area contributed by atoms with E-state index in [0.717, 1.165) is 10.6 Å². The van der Waals surface area contributed by atoms with E-state index in [1.54, 1.807) is 11.7 Å². The molecule has 0 bridgehead atoms. The number of benzene rings is 2. The Hall–Kier alpha value is -2.19. The molecule has 1 aromatic heterocycles. The van der Waals surface area contributed by atoms with Crippen molar-refractivity contribution < 1.29 is 9.20 Å². The summed E-state index contributed by atoms with van der Waals surface area (Å²) in [7, 11) is 0.868. The summed E-state index contributed by atoms with van der Waals surface area (Å²) >= 11 is 0. The SMILES string of the molecule is C[n+]1[nH]oc(=O)c1P(c1ccccc1)c1ccccc1. The normalized spacial score (nSPS) is 10.9. The van der Waals surface area contributed by atoms with Gasteiger partial charge in [0.25, 0.3) is 0 Å². The average Bonchev–Trinajstić information content (AvgIpc) is 2.82. The van der Waals surface area contributed by atoms with Gasteiger partial charge in [-0.05, 0) is 15.9 Å². The third-order valence-corrected chi connectivity index (χ3v) is 5.55. The molecule has 3 aromatic rings. The van der Waals surface area contributed by atoms with E-state index in [4.69, 9.17) is 4.52 Å². The van der Waals surface area contributed by atoms with Crippen LogP contribution in [0.4, 0.5) is 0 Å². The number of nitrogens with zero attached hydrogens (tertiary/aromatic N) is 1. The lowest BCUT2D eigenvalue weighted by atomic mass is 10.4. The highest BCUT2D eigenvalue weighted by Crippen LogP contribution is 2.29. The standard InChI is InChI=1S/C15H13N2O2P/c1-17-14(15(18)19-16-17)20(12-8-4-2-5-9-12)13-10-6-3-7-11-13/h2-11H,1H3/p+1. The van der Waals surface area contributed by atoms with Crippen molar-refractivity contribution in [1.29, 1.82) is 0 Å². The molecule has 1 heterocycles. The average molecular weight is 285 g/mol. The van der Waals surface area contributed by atoms with Gasteiger partial charge in [0.15, 0.2) is 7.05 Å². The molecule has 0 saturated heterocycles. The quantitative estimate of drug-likeness (QED) is 0.564. The van der Waals surface area contributed by atoms with Crippen LogP contribution >= 0.6 is 7.92 Å². The summed E-state index contributed by atoms with van der Waals surface area (Å²) in [5.74, 6) is 0. The minimum atomic E-state index is -0.925. The van der Waals surface area contributed by atoms with Gasteiger partial charge in [0.05, 0.1) is 7.92 Å². The zero-order valence-electron chi connectivity index (χ0n) is 11.0. The fourth-order valence-corrected chi connectivity index (χ4v) is 4.42. The minimum Gasteiger partial charge on any atom is -0.283 e. The molecule has 3 rings (SSSR count). The van der Waals surface area contributed by atoms with Crippen LogP contribution in [0.25, 0.3) is 0 Å². The highest BCUT2D eigenvalue weighted by atomic mass is 31.1. The molecule has 0 fully saturated rings. The lowest BCUT2D eigenvalue weighted by Crippen LogP contribution is -2.51. The number of H-pyrrole nitrogens is 1. The molecule has 0 saturated carbocycles. The second-order valence-electron chi connectivity index (χ2n) is 4.37. The van der Waals surface area contributed by atoms with E-state index < -0.39 is 7.92 Å². The molecule has 100 valence electrons. The van der Waals surface area contributed by atoms with Gasteiger partial charge in [0.1, 0.15) is 0 Å². The van der Waals surface area contributed by atoms with E-state index in [2.05, 4.69) is 5.27 Å². The molecule has 5 heteroatoms. The summed E-state index contributed by atoms with van der Waals surface area (Å²) in [4.78, 5) is 12.0. The smallest absolute Gasteiger partial charge is 0.283 e. The number of nitrogens with one attached hydrogen (secondary N) is 1. The Morgan fingerprint density at radius 2 is 1.45 bits per heavy atom. The van der Waals surface area contributed by atoms with Crippen LogP contribution in [-0.2, 0) is 7.05 Å². The second kappa shape index (κ2) is 5.43. The van der Waals surface area contributed by atoms with Gasteiger partial charge < -0.3 is 0 Å². The summed E-state index contributed by atoms with van der Waals surface area (Å²) in [5, 5.41) is 4.85. The Morgan fingerprint density at radius 1 is 0.950 bits per heavy atom. The van der Waals surface area contributed by atoms with Crippen LogP contribution in [0.3, 0.4) is 0 Å². The highest BCUT2D eigenvalue weighted by molar-refractivity contribution is 7.79. The molecule has 1 N–H and O–H groups in total. The molecule has 4 nitrogen and oxygen atoms in total. The zero-order chi connectivity index (χ0) is 13.9. The maximum absolute atomic E-state index is 12.0. The van der Waals surface area contributed by atoms with Gasteiger partial charge in [-0.25, -0.2) is 4.79 Å². The lowest BCUT2D eigenvalue weighted by molar-refractivity contribution is -0.724. The van der Waals surface area contributed by atoms with E-state index in [9.17, 15) is 4.79 Å². The van der Waals surface area contributed by atoms with Gasteiger partial charge in [-0.2, -0.15) is 0 Å². The fourth-order valence-electron chi connectivity index (χ4n) is 2.12. The second-order valence-corrected chi connectivity index (χ2v) is 6.50. The number of hydrogen-bond acceptors (Lipinski definition) is 2. The molecule has 0 amide bonds. The van der Waals surface area contributed by atoms with Crippen molar-refractivity contribution in [2.75, 3.05) is 0 Å². The molecular weight excluding hydrogens is 271 g/mol. The Labute approximate surface area is 117 Å². The maximum atomic E-state index is 12.0. The number of aryl methyl sites for hydroxylation is 1. The van der Waals surface area contributed by atoms with Crippen molar-refractivity contribution in [1.82, 2.24) is 5.27 Å². The monoisotopic (exact) mass is 285 g/mol. The summed E-state index contributed by atoms with van der Waals surface area (Å²) < 4.78 is 6.58. The number of hydrogen-bond donors (Lipinski definition) is 1. The first kappa shape index (κ1) is 12.8. The molecule has 0 radical (unpaired) electrons. The van der Waals surface area contributed by atoms with Crippen LogP contribution < -0.4 is 26.4 Å². The van der Waals surface area contributed by atoms with Gasteiger partial charge in [-0.3, -0.25) is 4.52 Å². The Kier molecular flexibility index (Phi) is 3.48. The van der Waals surface area contributed by atoms with Crippen LogP contribution in [0, 0.1) is 0 Å². The van der Waals surface area contributed by atoms with Crippen molar-refractivity contribution in [2.24, 2.45) is 7.05 Å². The predicted molar refractivity (Wildman–Crippen MR) is 79.2 cm³/mol. The first-order valence-electron chi connectivity index (χ1n) is 6.25. The molecule has 0 aliphatic rings. The topological polar surface area (TPSA) is 49.9 Å². The summed E-state index contributed by atoms with van der Waals surface area (Å²) in [6.45, 7) is 0. The van der Waals surface area contributed by atoms with Crippen molar-refractivity contribution in [3.8, 4) is 0 Å². The first-order valence-corrected chi connectivity index (χ1v) is 7.59. The van der Waals surface area contributed by atoms with Gasteiger partial charge in [-0.1, -0.05) is 65.3 Å². The molecule has 2 aromatic carbocycles. The maximum Gasteiger partial charge on any atom is 0.435 e. The fraction of sp³-hybridized carbons (Fsp3) is 0.0667. The van der Waals surface area contributed by atoms with Crippen molar-refractivity contribution in [3.05, 3.63) is 71.1 Å². The largest absolute Gasteiger partial charge is 0.435 e. The number of rotatable bonds is 3. The van der Waals surface area contributed by atoms with Crippen LogP contribution in [0.1, 0.15) is 0 Å².